The Kier molecular flexibility index (Phi) is 8.30. The summed E-state index contributed by atoms with van der Waals surface area (Å²) in [5, 5.41) is 16.8. The van der Waals surface area contributed by atoms with Crippen molar-refractivity contribution in [1.82, 2.24) is 15.1 Å². The summed E-state index contributed by atoms with van der Waals surface area (Å²) < 4.78 is 41.1. The van der Waals surface area contributed by atoms with E-state index in [2.05, 4.69) is 24.3 Å². The Hall–Kier alpha value is -3.85. The van der Waals surface area contributed by atoms with Crippen molar-refractivity contribution in [2.75, 3.05) is 6.54 Å². The van der Waals surface area contributed by atoms with Crippen LogP contribution in [0.2, 0.25) is 5.02 Å². The number of nitrogens with one attached hydrogen (secondary N) is 1. The molecular weight excluding hydrogens is 531 g/mol. The third kappa shape index (κ3) is 6.60. The summed E-state index contributed by atoms with van der Waals surface area (Å²) in [6, 6.07) is 15.9. The molecule has 0 saturated heterocycles. The molecule has 0 radical (unpaired) electrons. The molecule has 4 rings (SSSR count). The van der Waals surface area contributed by atoms with Crippen LogP contribution in [0, 0.1) is 5.92 Å². The molecule has 10 heteroatoms. The molecule has 0 aliphatic heterocycles. The summed E-state index contributed by atoms with van der Waals surface area (Å²) in [5.41, 5.74) is 2.60. The lowest BCUT2D eigenvalue weighted by Crippen LogP contribution is -2.26. The van der Waals surface area contributed by atoms with Gasteiger partial charge in [-0.25, -0.2) is 0 Å². The first-order valence-electron chi connectivity index (χ1n) is 12.4. The fraction of sp³-hybridized carbons (Fsp3) is 0.276. The van der Waals surface area contributed by atoms with Gasteiger partial charge in [0.15, 0.2) is 0 Å². The lowest BCUT2D eigenvalue weighted by molar-refractivity contribution is -0.138. The van der Waals surface area contributed by atoms with Crippen LogP contribution in [-0.4, -0.2) is 33.3 Å². The van der Waals surface area contributed by atoms with E-state index in [1.807, 2.05) is 35.0 Å². The van der Waals surface area contributed by atoms with E-state index in [9.17, 15) is 22.8 Å². The molecule has 0 saturated carbocycles. The SMILES string of the molecule is CC(C)C[C@@H](c1ccc(C(=O)NCCC(=O)O)cc1)n1ncc2cc(-c3ccc(C(F)(F)F)cc3Cl)ccc21. The highest BCUT2D eigenvalue weighted by Crippen LogP contribution is 2.37. The topological polar surface area (TPSA) is 84.2 Å². The highest BCUT2D eigenvalue weighted by atomic mass is 35.5. The van der Waals surface area contributed by atoms with Crippen molar-refractivity contribution in [3.63, 3.8) is 0 Å². The van der Waals surface area contributed by atoms with Gasteiger partial charge in [0.05, 0.1) is 29.7 Å². The average molecular weight is 558 g/mol. The van der Waals surface area contributed by atoms with Gasteiger partial charge in [-0.3, -0.25) is 14.3 Å². The minimum absolute atomic E-state index is 0.0151. The van der Waals surface area contributed by atoms with E-state index in [0.717, 1.165) is 35.0 Å². The molecule has 4 aromatic rings. The molecule has 204 valence electrons. The normalized spacial score (nSPS) is 12.6. The molecule has 39 heavy (non-hydrogen) atoms. The first-order chi connectivity index (χ1) is 18.4. The van der Waals surface area contributed by atoms with Crippen LogP contribution in [-0.2, 0) is 11.0 Å². The van der Waals surface area contributed by atoms with E-state index in [0.29, 0.717) is 22.6 Å². The molecule has 2 N–H and O–H groups in total. The average Bonchev–Trinajstić information content (AvgIpc) is 3.29. The highest BCUT2D eigenvalue weighted by molar-refractivity contribution is 6.33. The van der Waals surface area contributed by atoms with Gasteiger partial charge in [-0.2, -0.15) is 18.3 Å². The van der Waals surface area contributed by atoms with Crippen molar-refractivity contribution in [1.29, 1.82) is 0 Å². The van der Waals surface area contributed by atoms with Gasteiger partial charge in [0.1, 0.15) is 0 Å². The van der Waals surface area contributed by atoms with Crippen molar-refractivity contribution in [2.24, 2.45) is 5.92 Å². The second kappa shape index (κ2) is 11.5. The number of carbonyl (C=O) groups excluding carboxylic acids is 1. The van der Waals surface area contributed by atoms with Gasteiger partial charge in [0.2, 0.25) is 0 Å². The number of carboxylic acids is 1. The first-order valence-corrected chi connectivity index (χ1v) is 12.8. The zero-order valence-electron chi connectivity index (χ0n) is 21.3. The maximum absolute atomic E-state index is 13.0. The molecule has 1 aromatic heterocycles. The van der Waals surface area contributed by atoms with Gasteiger partial charge in [-0.05, 0) is 59.9 Å². The molecule has 0 unspecified atom stereocenters. The maximum Gasteiger partial charge on any atom is 0.416 e. The Morgan fingerprint density at radius 2 is 1.77 bits per heavy atom. The van der Waals surface area contributed by atoms with E-state index in [4.69, 9.17) is 16.7 Å². The molecule has 0 bridgehead atoms. The predicted molar refractivity (Wildman–Crippen MR) is 144 cm³/mol. The number of hydrogen-bond donors (Lipinski definition) is 2. The van der Waals surface area contributed by atoms with Crippen LogP contribution in [0.1, 0.15) is 54.2 Å². The summed E-state index contributed by atoms with van der Waals surface area (Å²) in [5.74, 6) is -0.996. The number of aromatic nitrogens is 2. The van der Waals surface area contributed by atoms with E-state index >= 15 is 0 Å². The fourth-order valence-electron chi connectivity index (χ4n) is 4.46. The number of benzene rings is 3. The van der Waals surface area contributed by atoms with Crippen LogP contribution in [0.25, 0.3) is 22.0 Å². The molecule has 0 aliphatic carbocycles. The number of amides is 1. The number of fused-ring (bicyclic) bond motifs is 1. The standard InChI is InChI=1S/C29H27ClF3N3O3/c1-17(2)13-26(18-3-5-19(6-4-18)28(39)34-12-11-27(37)38)36-25-10-7-20(14-21(25)16-35-36)23-9-8-22(15-24(23)30)29(31,32)33/h3-10,14-17,26H,11-13H2,1-2H3,(H,34,39)(H,37,38)/t26-/m0/s1. The quantitative estimate of drug-likeness (QED) is 0.228. The number of hydrogen-bond acceptors (Lipinski definition) is 3. The van der Waals surface area contributed by atoms with Crippen molar-refractivity contribution < 1.29 is 27.9 Å². The molecule has 3 aromatic carbocycles. The third-order valence-electron chi connectivity index (χ3n) is 6.37. The van der Waals surface area contributed by atoms with E-state index in [-0.39, 0.29) is 29.9 Å². The molecule has 1 heterocycles. The predicted octanol–water partition coefficient (Wildman–Crippen LogP) is 7.22. The molecule has 0 fully saturated rings. The minimum atomic E-state index is -4.47. The van der Waals surface area contributed by atoms with E-state index in [1.165, 1.54) is 6.07 Å². The summed E-state index contributed by atoms with van der Waals surface area (Å²) in [4.78, 5) is 23.0. The van der Waals surface area contributed by atoms with Crippen LogP contribution in [0.3, 0.4) is 0 Å². The second-order valence-electron chi connectivity index (χ2n) is 9.72. The van der Waals surface area contributed by atoms with Gasteiger partial charge >= 0.3 is 12.1 Å². The zero-order valence-corrected chi connectivity index (χ0v) is 22.1. The molecular formula is C29H27ClF3N3O3. The Labute approximate surface area is 228 Å². The van der Waals surface area contributed by atoms with Crippen molar-refractivity contribution in [2.45, 2.75) is 38.9 Å². The van der Waals surface area contributed by atoms with Gasteiger partial charge < -0.3 is 10.4 Å². The van der Waals surface area contributed by atoms with Gasteiger partial charge in [-0.1, -0.05) is 49.7 Å². The zero-order chi connectivity index (χ0) is 28.3. The highest BCUT2D eigenvalue weighted by Gasteiger charge is 2.31. The monoisotopic (exact) mass is 557 g/mol. The smallest absolute Gasteiger partial charge is 0.416 e. The summed E-state index contributed by atoms with van der Waals surface area (Å²) in [6.07, 6.45) is -2.14. The Morgan fingerprint density at radius 3 is 2.38 bits per heavy atom. The minimum Gasteiger partial charge on any atom is -0.481 e. The number of nitrogens with zero attached hydrogens (tertiary/aromatic N) is 2. The van der Waals surface area contributed by atoms with Gasteiger partial charge in [0, 0.05) is 28.1 Å². The Bertz CT molecular complexity index is 1500. The van der Waals surface area contributed by atoms with Crippen LogP contribution in [0.15, 0.2) is 66.9 Å². The number of alkyl halides is 3. The van der Waals surface area contributed by atoms with Crippen molar-refractivity contribution >= 4 is 34.4 Å². The maximum atomic E-state index is 13.0. The first kappa shape index (κ1) is 28.2. The summed E-state index contributed by atoms with van der Waals surface area (Å²) in [6.45, 7) is 4.26. The molecule has 0 aliphatic rings. The Balaban J connectivity index is 1.62. The van der Waals surface area contributed by atoms with E-state index < -0.39 is 17.7 Å². The fourth-order valence-corrected chi connectivity index (χ4v) is 4.75. The van der Waals surface area contributed by atoms with E-state index in [1.54, 1.807) is 18.3 Å². The number of halogens is 4. The molecule has 1 amide bonds. The van der Waals surface area contributed by atoms with Crippen molar-refractivity contribution in [3.8, 4) is 11.1 Å². The van der Waals surface area contributed by atoms with Crippen LogP contribution in [0.5, 0.6) is 0 Å². The van der Waals surface area contributed by atoms with Crippen molar-refractivity contribution in [3.05, 3.63) is 88.6 Å². The largest absolute Gasteiger partial charge is 0.481 e. The number of carboxylic acid groups (broad SMARTS) is 1. The lowest BCUT2D eigenvalue weighted by Gasteiger charge is -2.22. The van der Waals surface area contributed by atoms with Gasteiger partial charge in [-0.15, -0.1) is 0 Å². The molecule has 6 nitrogen and oxygen atoms in total. The number of aliphatic carboxylic acids is 1. The molecule has 1 atom stereocenters. The lowest BCUT2D eigenvalue weighted by atomic mass is 9.95. The van der Waals surface area contributed by atoms with Crippen LogP contribution < -0.4 is 5.32 Å². The van der Waals surface area contributed by atoms with Crippen LogP contribution >= 0.6 is 11.6 Å². The molecule has 0 spiro atoms. The second-order valence-corrected chi connectivity index (χ2v) is 10.1. The Morgan fingerprint density at radius 1 is 1.05 bits per heavy atom. The third-order valence-corrected chi connectivity index (χ3v) is 6.69. The number of carbonyl (C=O) groups is 2. The summed E-state index contributed by atoms with van der Waals surface area (Å²) >= 11 is 6.22. The van der Waals surface area contributed by atoms with Gasteiger partial charge in [0.25, 0.3) is 5.91 Å². The van der Waals surface area contributed by atoms with Crippen LogP contribution in [0.4, 0.5) is 13.2 Å². The number of rotatable bonds is 9. The summed E-state index contributed by atoms with van der Waals surface area (Å²) in [7, 11) is 0.